The molecule has 2 amide bonds. The van der Waals surface area contributed by atoms with Gasteiger partial charge in [0.1, 0.15) is 6.61 Å². The molecule has 0 bridgehead atoms. The summed E-state index contributed by atoms with van der Waals surface area (Å²) in [6.45, 7) is -0.606. The van der Waals surface area contributed by atoms with Gasteiger partial charge in [0.25, 0.3) is 5.91 Å². The number of carbonyl (C=O) groups is 2. The molecular formula is C8H14N2O3. The van der Waals surface area contributed by atoms with E-state index < -0.39 is 12.5 Å². The van der Waals surface area contributed by atoms with Gasteiger partial charge >= 0.3 is 0 Å². The molecule has 1 aliphatic rings. The fourth-order valence-electron chi connectivity index (χ4n) is 1.46. The molecule has 5 nitrogen and oxygen atoms in total. The Morgan fingerprint density at radius 2 is 1.85 bits per heavy atom. The zero-order valence-corrected chi connectivity index (χ0v) is 7.38. The summed E-state index contributed by atoms with van der Waals surface area (Å²) >= 11 is 0. The average molecular weight is 186 g/mol. The van der Waals surface area contributed by atoms with Crippen molar-refractivity contribution in [1.29, 1.82) is 0 Å². The zero-order valence-electron chi connectivity index (χ0n) is 7.38. The Hall–Kier alpha value is -1.10. The van der Waals surface area contributed by atoms with Gasteiger partial charge in [-0.2, -0.15) is 0 Å². The smallest absolute Gasteiger partial charge is 0.264 e. The van der Waals surface area contributed by atoms with Crippen LogP contribution in [0, 0.1) is 5.92 Å². The lowest BCUT2D eigenvalue weighted by Crippen LogP contribution is -2.45. The van der Waals surface area contributed by atoms with Crippen LogP contribution in [-0.4, -0.2) is 23.5 Å². The Labute approximate surface area is 76.5 Å². The molecule has 0 aromatic carbocycles. The summed E-state index contributed by atoms with van der Waals surface area (Å²) in [5, 5.41) is 8.35. The summed E-state index contributed by atoms with van der Waals surface area (Å²) in [6, 6.07) is 0. The third kappa shape index (κ3) is 3.02. The number of hydrogen-bond donors (Lipinski definition) is 3. The minimum Gasteiger partial charge on any atom is -0.386 e. The molecule has 0 aromatic rings. The summed E-state index contributed by atoms with van der Waals surface area (Å²) < 4.78 is 0. The van der Waals surface area contributed by atoms with Crippen molar-refractivity contribution in [2.75, 3.05) is 6.61 Å². The Kier molecular flexibility index (Phi) is 3.70. The van der Waals surface area contributed by atoms with Crippen molar-refractivity contribution in [2.45, 2.75) is 25.7 Å². The molecule has 0 aliphatic heterocycles. The Morgan fingerprint density at radius 1 is 1.23 bits per heavy atom. The first kappa shape index (κ1) is 9.98. The molecule has 0 heterocycles. The number of carbonyl (C=O) groups excluding carboxylic acids is 2. The molecule has 1 aliphatic carbocycles. The fourth-order valence-corrected chi connectivity index (χ4v) is 1.46. The van der Waals surface area contributed by atoms with Crippen molar-refractivity contribution in [3.05, 3.63) is 0 Å². The van der Waals surface area contributed by atoms with Gasteiger partial charge in [-0.15, -0.1) is 0 Å². The molecule has 1 fully saturated rings. The van der Waals surface area contributed by atoms with Gasteiger partial charge in [0.15, 0.2) is 0 Å². The second-order valence-corrected chi connectivity index (χ2v) is 3.18. The summed E-state index contributed by atoms with van der Waals surface area (Å²) in [5.74, 6) is -0.718. The first-order valence-electron chi connectivity index (χ1n) is 4.43. The molecule has 0 spiro atoms. The van der Waals surface area contributed by atoms with E-state index in [4.69, 9.17) is 5.11 Å². The van der Waals surface area contributed by atoms with Gasteiger partial charge in [0.2, 0.25) is 5.91 Å². The van der Waals surface area contributed by atoms with E-state index in [1.807, 2.05) is 0 Å². The molecule has 3 N–H and O–H groups in total. The van der Waals surface area contributed by atoms with Crippen LogP contribution in [0.1, 0.15) is 25.7 Å². The average Bonchev–Trinajstić information content (AvgIpc) is 2.66. The second-order valence-electron chi connectivity index (χ2n) is 3.18. The molecule has 0 unspecified atom stereocenters. The van der Waals surface area contributed by atoms with Gasteiger partial charge in [0, 0.05) is 5.92 Å². The number of hydrogen-bond acceptors (Lipinski definition) is 3. The van der Waals surface area contributed by atoms with Crippen molar-refractivity contribution in [1.82, 2.24) is 10.9 Å². The number of rotatable bonds is 2. The van der Waals surface area contributed by atoms with Gasteiger partial charge in [-0.1, -0.05) is 12.8 Å². The molecule has 5 heteroatoms. The molecule has 1 saturated carbocycles. The van der Waals surface area contributed by atoms with Gasteiger partial charge in [0.05, 0.1) is 0 Å². The van der Waals surface area contributed by atoms with Crippen molar-refractivity contribution in [3.63, 3.8) is 0 Å². The number of nitrogens with one attached hydrogen (secondary N) is 2. The van der Waals surface area contributed by atoms with E-state index in [0.29, 0.717) is 0 Å². The molecule has 74 valence electrons. The maximum absolute atomic E-state index is 11.3. The molecule has 1 rings (SSSR count). The second kappa shape index (κ2) is 4.81. The molecule has 0 atom stereocenters. The number of aliphatic hydroxyl groups is 1. The minimum absolute atomic E-state index is 0.0268. The van der Waals surface area contributed by atoms with E-state index in [-0.39, 0.29) is 11.8 Å². The quantitative estimate of drug-likeness (QED) is 0.500. The van der Waals surface area contributed by atoms with Crippen LogP contribution >= 0.6 is 0 Å². The standard InChI is InChI=1S/C8H14N2O3/c11-5-7(12)9-10-8(13)6-3-1-2-4-6/h6,11H,1-5H2,(H,9,12)(H,10,13). The Balaban J connectivity index is 2.20. The van der Waals surface area contributed by atoms with Crippen LogP contribution in [0.25, 0.3) is 0 Å². The van der Waals surface area contributed by atoms with Crippen molar-refractivity contribution in [3.8, 4) is 0 Å². The Morgan fingerprint density at radius 3 is 2.38 bits per heavy atom. The zero-order chi connectivity index (χ0) is 9.68. The number of hydrazine groups is 1. The summed E-state index contributed by atoms with van der Waals surface area (Å²) in [6.07, 6.45) is 3.93. The molecule has 0 radical (unpaired) electrons. The van der Waals surface area contributed by atoms with Crippen LogP contribution in [0.2, 0.25) is 0 Å². The highest BCUT2D eigenvalue weighted by Crippen LogP contribution is 2.24. The van der Waals surface area contributed by atoms with E-state index in [0.717, 1.165) is 25.7 Å². The van der Waals surface area contributed by atoms with Crippen LogP contribution in [-0.2, 0) is 9.59 Å². The van der Waals surface area contributed by atoms with Crippen LogP contribution in [0.15, 0.2) is 0 Å². The molecular weight excluding hydrogens is 172 g/mol. The maximum atomic E-state index is 11.3. The summed E-state index contributed by atoms with van der Waals surface area (Å²) in [4.78, 5) is 21.8. The lowest BCUT2D eigenvalue weighted by atomic mass is 10.1. The summed E-state index contributed by atoms with van der Waals surface area (Å²) in [7, 11) is 0. The predicted molar refractivity (Wildman–Crippen MR) is 45.3 cm³/mol. The fraction of sp³-hybridized carbons (Fsp3) is 0.750. The number of aliphatic hydroxyl groups excluding tert-OH is 1. The van der Waals surface area contributed by atoms with Crippen LogP contribution in [0.5, 0.6) is 0 Å². The minimum atomic E-state index is -0.606. The SMILES string of the molecule is O=C(CO)NNC(=O)C1CCCC1. The maximum Gasteiger partial charge on any atom is 0.264 e. The molecule has 13 heavy (non-hydrogen) atoms. The van der Waals surface area contributed by atoms with Gasteiger partial charge < -0.3 is 5.11 Å². The van der Waals surface area contributed by atoms with Crippen molar-refractivity contribution < 1.29 is 14.7 Å². The summed E-state index contributed by atoms with van der Waals surface area (Å²) in [5.41, 5.74) is 4.40. The highest BCUT2D eigenvalue weighted by Gasteiger charge is 2.22. The first-order chi connectivity index (χ1) is 6.24. The topological polar surface area (TPSA) is 78.4 Å². The van der Waals surface area contributed by atoms with E-state index in [2.05, 4.69) is 10.9 Å². The highest BCUT2D eigenvalue weighted by molar-refractivity contribution is 5.83. The van der Waals surface area contributed by atoms with Crippen LogP contribution in [0.3, 0.4) is 0 Å². The van der Waals surface area contributed by atoms with Crippen molar-refractivity contribution in [2.24, 2.45) is 5.92 Å². The largest absolute Gasteiger partial charge is 0.386 e. The van der Waals surface area contributed by atoms with Crippen LogP contribution in [0.4, 0.5) is 0 Å². The van der Waals surface area contributed by atoms with Crippen LogP contribution < -0.4 is 10.9 Å². The molecule has 0 saturated heterocycles. The van der Waals surface area contributed by atoms with E-state index in [9.17, 15) is 9.59 Å². The normalized spacial score (nSPS) is 17.0. The third-order valence-electron chi connectivity index (χ3n) is 2.19. The number of amides is 2. The lowest BCUT2D eigenvalue weighted by molar-refractivity contribution is -0.132. The Bertz CT molecular complexity index is 200. The monoisotopic (exact) mass is 186 g/mol. The molecule has 0 aromatic heterocycles. The van der Waals surface area contributed by atoms with Gasteiger partial charge in [-0.3, -0.25) is 20.4 Å². The lowest BCUT2D eigenvalue weighted by Gasteiger charge is -2.10. The third-order valence-corrected chi connectivity index (χ3v) is 2.19. The van der Waals surface area contributed by atoms with Gasteiger partial charge in [-0.05, 0) is 12.8 Å². The van der Waals surface area contributed by atoms with Crippen molar-refractivity contribution >= 4 is 11.8 Å². The van der Waals surface area contributed by atoms with E-state index >= 15 is 0 Å². The van der Waals surface area contributed by atoms with Gasteiger partial charge in [-0.25, -0.2) is 0 Å². The predicted octanol–water partition coefficient (Wildman–Crippen LogP) is -0.684. The van der Waals surface area contributed by atoms with E-state index in [1.54, 1.807) is 0 Å². The van der Waals surface area contributed by atoms with E-state index in [1.165, 1.54) is 0 Å². The highest BCUT2D eigenvalue weighted by atomic mass is 16.3. The first-order valence-corrected chi connectivity index (χ1v) is 4.43.